The van der Waals surface area contributed by atoms with Crippen molar-refractivity contribution in [2.45, 2.75) is 6.61 Å². The van der Waals surface area contributed by atoms with E-state index in [9.17, 15) is 10.1 Å². The highest BCUT2D eigenvalue weighted by Crippen LogP contribution is 2.26. The van der Waals surface area contributed by atoms with Crippen LogP contribution < -0.4 is 4.74 Å². The summed E-state index contributed by atoms with van der Waals surface area (Å²) in [4.78, 5) is 15.6. The molecule has 7 nitrogen and oxygen atoms in total. The molecule has 0 spiro atoms. The molecule has 3 aromatic rings. The third-order valence-electron chi connectivity index (χ3n) is 2.70. The number of rotatable bonds is 5. The van der Waals surface area contributed by atoms with Gasteiger partial charge < -0.3 is 4.74 Å². The van der Waals surface area contributed by atoms with Crippen LogP contribution in [0.2, 0.25) is 0 Å². The molecule has 0 bridgehead atoms. The van der Waals surface area contributed by atoms with E-state index in [1.807, 2.05) is 17.5 Å². The van der Waals surface area contributed by atoms with Crippen LogP contribution in [0.4, 0.5) is 5.69 Å². The summed E-state index contributed by atoms with van der Waals surface area (Å²) in [7, 11) is 0. The van der Waals surface area contributed by atoms with Crippen molar-refractivity contribution >= 4 is 17.0 Å². The van der Waals surface area contributed by atoms with Crippen molar-refractivity contribution in [3.63, 3.8) is 0 Å². The first-order valence-electron chi connectivity index (χ1n) is 6.05. The number of hydrogen-bond donors (Lipinski definition) is 1. The van der Waals surface area contributed by atoms with Crippen LogP contribution in [0, 0.1) is 10.1 Å². The molecule has 3 rings (SSSR count). The Labute approximate surface area is 123 Å². The molecule has 0 saturated carbocycles. The minimum absolute atomic E-state index is 0.0736. The fourth-order valence-corrected chi connectivity index (χ4v) is 2.41. The van der Waals surface area contributed by atoms with Crippen LogP contribution >= 0.6 is 11.3 Å². The standard InChI is InChI=1S/C13H10N4O3S/c18-17(19)9-4-1-2-5-10(9)20-8-12-14-13(16-15-12)11-6-3-7-21-11/h1-7H,8H2,(H,14,15,16). The van der Waals surface area contributed by atoms with Crippen LogP contribution in [0.25, 0.3) is 10.7 Å². The summed E-state index contributed by atoms with van der Waals surface area (Å²) in [5, 5.41) is 19.7. The summed E-state index contributed by atoms with van der Waals surface area (Å²) in [5.41, 5.74) is -0.0736. The minimum atomic E-state index is -0.479. The number of nitro groups is 1. The second-order valence-electron chi connectivity index (χ2n) is 4.10. The number of hydrogen-bond acceptors (Lipinski definition) is 6. The fourth-order valence-electron chi connectivity index (χ4n) is 1.75. The topological polar surface area (TPSA) is 93.9 Å². The van der Waals surface area contributed by atoms with Gasteiger partial charge in [-0.2, -0.15) is 5.10 Å². The lowest BCUT2D eigenvalue weighted by Gasteiger charge is -2.03. The molecule has 2 heterocycles. The third kappa shape index (κ3) is 2.90. The Bertz CT molecular complexity index is 754. The smallest absolute Gasteiger partial charge is 0.310 e. The third-order valence-corrected chi connectivity index (χ3v) is 3.57. The highest BCUT2D eigenvalue weighted by molar-refractivity contribution is 7.13. The van der Waals surface area contributed by atoms with Gasteiger partial charge in [-0.05, 0) is 17.5 Å². The average Bonchev–Trinajstić information content (AvgIpc) is 3.16. The van der Waals surface area contributed by atoms with E-state index in [1.54, 1.807) is 18.2 Å². The van der Waals surface area contributed by atoms with E-state index in [0.717, 1.165) is 4.88 Å². The molecule has 1 aromatic carbocycles. The molecule has 2 aromatic heterocycles. The van der Waals surface area contributed by atoms with E-state index in [-0.39, 0.29) is 18.0 Å². The summed E-state index contributed by atoms with van der Waals surface area (Å²) in [6.07, 6.45) is 0. The van der Waals surface area contributed by atoms with Crippen LogP contribution in [0.15, 0.2) is 41.8 Å². The van der Waals surface area contributed by atoms with Gasteiger partial charge in [0.2, 0.25) is 0 Å². The Kier molecular flexibility index (Phi) is 3.61. The molecule has 21 heavy (non-hydrogen) atoms. The van der Waals surface area contributed by atoms with Crippen molar-refractivity contribution in [1.29, 1.82) is 0 Å². The first-order valence-corrected chi connectivity index (χ1v) is 6.93. The number of nitro benzene ring substituents is 1. The zero-order chi connectivity index (χ0) is 14.7. The maximum Gasteiger partial charge on any atom is 0.310 e. The van der Waals surface area contributed by atoms with Crippen LogP contribution in [0.5, 0.6) is 5.75 Å². The molecular weight excluding hydrogens is 292 g/mol. The summed E-state index contributed by atoms with van der Waals surface area (Å²) in [6, 6.07) is 10.1. The maximum atomic E-state index is 10.9. The number of ether oxygens (including phenoxy) is 1. The second kappa shape index (κ2) is 5.71. The highest BCUT2D eigenvalue weighted by Gasteiger charge is 2.14. The summed E-state index contributed by atoms with van der Waals surface area (Å²) in [5.74, 6) is 1.30. The number of para-hydroxylation sites is 2. The first kappa shape index (κ1) is 13.3. The fraction of sp³-hybridized carbons (Fsp3) is 0.0769. The zero-order valence-corrected chi connectivity index (χ0v) is 11.5. The van der Waals surface area contributed by atoms with Gasteiger partial charge in [-0.3, -0.25) is 15.2 Å². The van der Waals surface area contributed by atoms with E-state index in [1.165, 1.54) is 17.4 Å². The van der Waals surface area contributed by atoms with Crippen molar-refractivity contribution in [2.24, 2.45) is 0 Å². The van der Waals surface area contributed by atoms with Gasteiger partial charge in [0.1, 0.15) is 6.61 Å². The van der Waals surface area contributed by atoms with Gasteiger partial charge in [-0.25, -0.2) is 4.98 Å². The van der Waals surface area contributed by atoms with Crippen molar-refractivity contribution in [3.8, 4) is 16.5 Å². The van der Waals surface area contributed by atoms with Crippen molar-refractivity contribution < 1.29 is 9.66 Å². The van der Waals surface area contributed by atoms with E-state index in [0.29, 0.717) is 11.6 Å². The molecule has 0 amide bonds. The highest BCUT2D eigenvalue weighted by atomic mass is 32.1. The molecule has 0 aliphatic rings. The van der Waals surface area contributed by atoms with E-state index < -0.39 is 4.92 Å². The van der Waals surface area contributed by atoms with Gasteiger partial charge in [0.15, 0.2) is 17.4 Å². The molecule has 0 radical (unpaired) electrons. The normalized spacial score (nSPS) is 10.5. The average molecular weight is 302 g/mol. The van der Waals surface area contributed by atoms with Gasteiger partial charge in [0.05, 0.1) is 9.80 Å². The number of benzene rings is 1. The van der Waals surface area contributed by atoms with Gasteiger partial charge in [0.25, 0.3) is 0 Å². The van der Waals surface area contributed by atoms with Crippen LogP contribution in [-0.4, -0.2) is 20.1 Å². The molecule has 0 aliphatic heterocycles. The molecule has 0 fully saturated rings. The number of H-pyrrole nitrogens is 1. The van der Waals surface area contributed by atoms with Gasteiger partial charge >= 0.3 is 5.69 Å². The van der Waals surface area contributed by atoms with E-state index >= 15 is 0 Å². The lowest BCUT2D eigenvalue weighted by atomic mass is 10.3. The molecule has 8 heteroatoms. The Morgan fingerprint density at radius 3 is 2.90 bits per heavy atom. The van der Waals surface area contributed by atoms with Crippen LogP contribution in [-0.2, 0) is 6.61 Å². The Morgan fingerprint density at radius 1 is 1.29 bits per heavy atom. The first-order chi connectivity index (χ1) is 10.2. The molecular formula is C13H10N4O3S. The number of thiophene rings is 1. The van der Waals surface area contributed by atoms with Crippen LogP contribution in [0.1, 0.15) is 5.82 Å². The Hall–Kier alpha value is -2.74. The summed E-state index contributed by atoms with van der Waals surface area (Å²) < 4.78 is 5.44. The number of aromatic nitrogens is 3. The molecule has 0 unspecified atom stereocenters. The van der Waals surface area contributed by atoms with Crippen molar-refractivity contribution in [2.75, 3.05) is 0 Å². The largest absolute Gasteiger partial charge is 0.479 e. The molecule has 0 saturated heterocycles. The monoisotopic (exact) mass is 302 g/mol. The maximum absolute atomic E-state index is 10.9. The van der Waals surface area contributed by atoms with E-state index in [4.69, 9.17) is 4.74 Å². The predicted molar refractivity (Wildman–Crippen MR) is 77.1 cm³/mol. The van der Waals surface area contributed by atoms with Crippen LogP contribution in [0.3, 0.4) is 0 Å². The molecule has 0 atom stereocenters. The SMILES string of the molecule is O=[N+]([O-])c1ccccc1OCc1nc(-c2cccs2)n[nH]1. The lowest BCUT2D eigenvalue weighted by Crippen LogP contribution is -2.00. The molecule has 106 valence electrons. The number of nitrogens with zero attached hydrogens (tertiary/aromatic N) is 3. The van der Waals surface area contributed by atoms with Gasteiger partial charge in [-0.1, -0.05) is 18.2 Å². The van der Waals surface area contributed by atoms with Gasteiger partial charge in [-0.15, -0.1) is 11.3 Å². The Morgan fingerprint density at radius 2 is 2.14 bits per heavy atom. The van der Waals surface area contributed by atoms with E-state index in [2.05, 4.69) is 15.2 Å². The summed E-state index contributed by atoms with van der Waals surface area (Å²) >= 11 is 1.54. The molecule has 1 N–H and O–H groups in total. The number of aromatic amines is 1. The Balaban J connectivity index is 1.73. The number of nitrogens with one attached hydrogen (secondary N) is 1. The van der Waals surface area contributed by atoms with Crippen molar-refractivity contribution in [1.82, 2.24) is 15.2 Å². The lowest BCUT2D eigenvalue weighted by molar-refractivity contribution is -0.385. The van der Waals surface area contributed by atoms with Crippen molar-refractivity contribution in [3.05, 3.63) is 57.7 Å². The second-order valence-corrected chi connectivity index (χ2v) is 5.04. The quantitative estimate of drug-likeness (QED) is 0.577. The summed E-state index contributed by atoms with van der Waals surface area (Å²) in [6.45, 7) is 0.0865. The minimum Gasteiger partial charge on any atom is -0.479 e. The predicted octanol–water partition coefficient (Wildman–Crippen LogP) is 3.02. The zero-order valence-electron chi connectivity index (χ0n) is 10.7. The molecule has 0 aliphatic carbocycles. The van der Waals surface area contributed by atoms with Gasteiger partial charge in [0, 0.05) is 6.07 Å².